The molecular weight excluding hydrogens is 410 g/mol. The Hall–Kier alpha value is -3.59. The Balaban J connectivity index is 1.55. The molecule has 0 saturated carbocycles. The molecule has 2 atom stereocenters. The quantitative estimate of drug-likeness (QED) is 0.548. The SMILES string of the molecule is CC(O)C(Oc1ccccc1C(=CC#N)c1ccccc1)N1CCN(c2ccccc2)CC1. The molecule has 0 radical (unpaired) electrons. The van der Waals surface area contributed by atoms with Crippen LogP contribution in [0.1, 0.15) is 18.1 Å². The molecule has 1 fully saturated rings. The number of anilines is 1. The van der Waals surface area contributed by atoms with Crippen molar-refractivity contribution >= 4 is 11.3 Å². The van der Waals surface area contributed by atoms with Gasteiger partial charge in [-0.1, -0.05) is 66.7 Å². The van der Waals surface area contributed by atoms with Crippen LogP contribution >= 0.6 is 0 Å². The van der Waals surface area contributed by atoms with E-state index in [9.17, 15) is 10.4 Å². The third-order valence-electron chi connectivity index (χ3n) is 5.93. The lowest BCUT2D eigenvalue weighted by atomic mass is 9.97. The molecule has 0 spiro atoms. The van der Waals surface area contributed by atoms with Gasteiger partial charge in [-0.2, -0.15) is 5.26 Å². The summed E-state index contributed by atoms with van der Waals surface area (Å²) in [5.74, 6) is 0.652. The zero-order valence-corrected chi connectivity index (χ0v) is 18.8. The fourth-order valence-electron chi connectivity index (χ4n) is 4.27. The van der Waals surface area contributed by atoms with Gasteiger partial charge in [-0.15, -0.1) is 0 Å². The highest BCUT2D eigenvalue weighted by Crippen LogP contribution is 2.32. The average Bonchev–Trinajstić information content (AvgIpc) is 2.87. The van der Waals surface area contributed by atoms with Crippen LogP contribution in [0.25, 0.3) is 5.57 Å². The van der Waals surface area contributed by atoms with Gasteiger partial charge in [0.05, 0.1) is 6.07 Å². The molecule has 3 aromatic carbocycles. The van der Waals surface area contributed by atoms with Crippen LogP contribution in [0.3, 0.4) is 0 Å². The zero-order chi connectivity index (χ0) is 23.0. The number of hydrogen-bond donors (Lipinski definition) is 1. The van der Waals surface area contributed by atoms with Gasteiger partial charge < -0.3 is 14.7 Å². The van der Waals surface area contributed by atoms with Crippen LogP contribution < -0.4 is 9.64 Å². The number of para-hydroxylation sites is 2. The molecule has 1 aliphatic heterocycles. The van der Waals surface area contributed by atoms with E-state index in [-0.39, 0.29) is 0 Å². The molecule has 0 amide bonds. The molecule has 2 unspecified atom stereocenters. The molecule has 1 aliphatic rings. The highest BCUT2D eigenvalue weighted by molar-refractivity contribution is 5.84. The predicted octanol–water partition coefficient (Wildman–Crippen LogP) is 4.55. The maximum atomic E-state index is 10.6. The van der Waals surface area contributed by atoms with Gasteiger partial charge in [0.15, 0.2) is 6.23 Å². The number of piperazine rings is 1. The maximum Gasteiger partial charge on any atom is 0.178 e. The van der Waals surface area contributed by atoms with Crippen LogP contribution in [0.2, 0.25) is 0 Å². The number of rotatable bonds is 7. The second kappa shape index (κ2) is 10.8. The summed E-state index contributed by atoms with van der Waals surface area (Å²) in [7, 11) is 0. The number of allylic oxidation sites excluding steroid dienone is 1. The maximum absolute atomic E-state index is 10.6. The first-order chi connectivity index (χ1) is 16.2. The first-order valence-corrected chi connectivity index (χ1v) is 11.3. The molecule has 0 bridgehead atoms. The van der Waals surface area contributed by atoms with Crippen molar-refractivity contribution in [1.29, 1.82) is 5.26 Å². The van der Waals surface area contributed by atoms with Crippen LogP contribution in [0, 0.1) is 11.3 Å². The lowest BCUT2D eigenvalue weighted by molar-refractivity contribution is -0.0602. The first kappa shape index (κ1) is 22.6. The summed E-state index contributed by atoms with van der Waals surface area (Å²) in [6.45, 7) is 5.06. The largest absolute Gasteiger partial charge is 0.472 e. The topological polar surface area (TPSA) is 59.7 Å². The summed E-state index contributed by atoms with van der Waals surface area (Å²) < 4.78 is 6.44. The van der Waals surface area contributed by atoms with Crippen LogP contribution in [0.15, 0.2) is 91.0 Å². The van der Waals surface area contributed by atoms with E-state index >= 15 is 0 Å². The summed E-state index contributed by atoms with van der Waals surface area (Å²) in [6, 6.07) is 30.1. The van der Waals surface area contributed by atoms with Crippen LogP contribution in [0.5, 0.6) is 5.75 Å². The molecule has 0 aliphatic carbocycles. The van der Waals surface area contributed by atoms with E-state index in [0.717, 1.165) is 42.9 Å². The fraction of sp³-hybridized carbons (Fsp3) is 0.250. The van der Waals surface area contributed by atoms with Crippen molar-refractivity contribution in [2.24, 2.45) is 0 Å². The normalized spacial score (nSPS) is 16.6. The first-order valence-electron chi connectivity index (χ1n) is 11.3. The number of hydrogen-bond acceptors (Lipinski definition) is 5. The standard InChI is InChI=1S/C28H29N3O2/c1-22(32)28(31-20-18-30(19-21-31)24-12-6-3-7-13-24)33-27-15-9-8-14-26(27)25(16-17-29)23-10-4-2-5-11-23/h2-16,22,28,32H,18-21H2,1H3. The molecule has 5 nitrogen and oxygen atoms in total. The molecule has 168 valence electrons. The van der Waals surface area contributed by atoms with Crippen LogP contribution in [0.4, 0.5) is 5.69 Å². The van der Waals surface area contributed by atoms with E-state index < -0.39 is 12.3 Å². The van der Waals surface area contributed by atoms with Gasteiger partial charge in [-0.25, -0.2) is 0 Å². The van der Waals surface area contributed by atoms with E-state index in [1.54, 1.807) is 13.0 Å². The Labute approximate surface area is 195 Å². The van der Waals surface area contributed by atoms with Crippen molar-refractivity contribution < 1.29 is 9.84 Å². The van der Waals surface area contributed by atoms with Crippen molar-refractivity contribution in [2.75, 3.05) is 31.1 Å². The number of nitriles is 1. The van der Waals surface area contributed by atoms with Gasteiger partial charge in [0.25, 0.3) is 0 Å². The number of aliphatic hydroxyl groups is 1. The van der Waals surface area contributed by atoms with E-state index in [1.807, 2.05) is 60.7 Å². The van der Waals surface area contributed by atoms with Crippen LogP contribution in [-0.2, 0) is 0 Å². The van der Waals surface area contributed by atoms with E-state index in [2.05, 4.69) is 40.1 Å². The third kappa shape index (κ3) is 5.43. The molecule has 33 heavy (non-hydrogen) atoms. The van der Waals surface area contributed by atoms with Crippen molar-refractivity contribution in [3.8, 4) is 11.8 Å². The molecule has 3 aromatic rings. The Kier molecular flexibility index (Phi) is 7.41. The molecule has 1 heterocycles. The minimum atomic E-state index is -0.679. The molecule has 0 aromatic heterocycles. The van der Waals surface area contributed by atoms with Crippen molar-refractivity contribution in [2.45, 2.75) is 19.3 Å². The van der Waals surface area contributed by atoms with Gasteiger partial charge in [0, 0.05) is 49.1 Å². The lowest BCUT2D eigenvalue weighted by Crippen LogP contribution is -2.55. The number of ether oxygens (including phenoxy) is 1. The molecule has 1 N–H and O–H groups in total. The summed E-state index contributed by atoms with van der Waals surface area (Å²) in [5.41, 5.74) is 3.79. The highest BCUT2D eigenvalue weighted by atomic mass is 16.5. The van der Waals surface area contributed by atoms with Crippen molar-refractivity contribution in [3.05, 3.63) is 102 Å². The van der Waals surface area contributed by atoms with Gasteiger partial charge in [0.1, 0.15) is 11.9 Å². The summed E-state index contributed by atoms with van der Waals surface area (Å²) in [5, 5.41) is 20.0. The number of benzene rings is 3. The average molecular weight is 440 g/mol. The second-order valence-corrected chi connectivity index (χ2v) is 8.16. The molecule has 5 heteroatoms. The Morgan fingerprint density at radius 3 is 2.15 bits per heavy atom. The van der Waals surface area contributed by atoms with E-state index in [0.29, 0.717) is 5.75 Å². The minimum Gasteiger partial charge on any atom is -0.472 e. The van der Waals surface area contributed by atoms with Gasteiger partial charge in [-0.3, -0.25) is 4.90 Å². The van der Waals surface area contributed by atoms with E-state index in [1.165, 1.54) is 5.69 Å². The summed E-state index contributed by atoms with van der Waals surface area (Å²) in [4.78, 5) is 4.55. The number of nitrogens with zero attached hydrogens (tertiary/aromatic N) is 3. The summed E-state index contributed by atoms with van der Waals surface area (Å²) in [6.07, 6.45) is 0.387. The fourth-order valence-corrected chi connectivity index (χ4v) is 4.27. The van der Waals surface area contributed by atoms with Crippen LogP contribution in [-0.4, -0.2) is 48.5 Å². The van der Waals surface area contributed by atoms with Crippen molar-refractivity contribution in [3.63, 3.8) is 0 Å². The Morgan fingerprint density at radius 2 is 1.52 bits per heavy atom. The van der Waals surface area contributed by atoms with Gasteiger partial charge >= 0.3 is 0 Å². The smallest absolute Gasteiger partial charge is 0.178 e. The monoisotopic (exact) mass is 439 g/mol. The van der Waals surface area contributed by atoms with E-state index in [4.69, 9.17) is 4.74 Å². The Bertz CT molecular complexity index is 1100. The second-order valence-electron chi connectivity index (χ2n) is 8.16. The van der Waals surface area contributed by atoms with Gasteiger partial charge in [0.2, 0.25) is 0 Å². The molecule has 1 saturated heterocycles. The molecular formula is C28H29N3O2. The third-order valence-corrected chi connectivity index (χ3v) is 5.93. The number of aliphatic hydroxyl groups excluding tert-OH is 1. The predicted molar refractivity (Wildman–Crippen MR) is 132 cm³/mol. The van der Waals surface area contributed by atoms with Gasteiger partial charge in [-0.05, 0) is 30.7 Å². The lowest BCUT2D eigenvalue weighted by Gasteiger charge is -2.41. The minimum absolute atomic E-state index is 0.483. The Morgan fingerprint density at radius 1 is 0.909 bits per heavy atom. The van der Waals surface area contributed by atoms with Crippen molar-refractivity contribution in [1.82, 2.24) is 4.90 Å². The molecule has 4 rings (SSSR count). The highest BCUT2D eigenvalue weighted by Gasteiger charge is 2.29. The zero-order valence-electron chi connectivity index (χ0n) is 18.8. The summed E-state index contributed by atoms with van der Waals surface area (Å²) >= 11 is 0.